The van der Waals surface area contributed by atoms with Gasteiger partial charge in [-0.1, -0.05) is 25.2 Å². The number of piperidine rings is 1. The van der Waals surface area contributed by atoms with Crippen molar-refractivity contribution < 1.29 is 19.0 Å². The molecule has 1 heterocycles. The summed E-state index contributed by atoms with van der Waals surface area (Å²) < 4.78 is 16.8. The minimum atomic E-state index is -0.502. The molecule has 31 heavy (non-hydrogen) atoms. The van der Waals surface area contributed by atoms with Crippen LogP contribution in [-0.4, -0.2) is 37.4 Å². The first-order valence-electron chi connectivity index (χ1n) is 11.3. The summed E-state index contributed by atoms with van der Waals surface area (Å²) in [4.78, 5) is 15.0. The second-order valence-corrected chi connectivity index (χ2v) is 10.1. The predicted molar refractivity (Wildman–Crippen MR) is 121 cm³/mol. The quantitative estimate of drug-likeness (QED) is 0.577. The van der Waals surface area contributed by atoms with Crippen molar-refractivity contribution in [3.8, 4) is 11.5 Å². The molecule has 5 nitrogen and oxygen atoms in total. The summed E-state index contributed by atoms with van der Waals surface area (Å²) in [6.07, 6.45) is 8.92. The molecule has 4 rings (SSSR count). The van der Waals surface area contributed by atoms with Crippen molar-refractivity contribution >= 4 is 6.09 Å². The zero-order valence-electron chi connectivity index (χ0n) is 19.6. The van der Waals surface area contributed by atoms with E-state index in [0.29, 0.717) is 30.2 Å². The molecule has 3 aliphatic rings. The van der Waals surface area contributed by atoms with Crippen LogP contribution >= 0.6 is 0 Å². The highest BCUT2D eigenvalue weighted by Crippen LogP contribution is 2.54. The van der Waals surface area contributed by atoms with Gasteiger partial charge >= 0.3 is 6.09 Å². The summed E-state index contributed by atoms with van der Waals surface area (Å²) in [5, 5.41) is 0. The summed E-state index contributed by atoms with van der Waals surface area (Å²) in [5.74, 6) is 3.40. The highest BCUT2D eigenvalue weighted by atomic mass is 16.6. The van der Waals surface area contributed by atoms with Gasteiger partial charge in [0.05, 0.1) is 14.2 Å². The average Bonchev–Trinajstić information content (AvgIpc) is 2.74. The molecule has 1 aromatic carbocycles. The number of methoxy groups -OCH3 is 2. The van der Waals surface area contributed by atoms with Crippen LogP contribution in [0.25, 0.3) is 0 Å². The number of nitrogens with zero attached hydrogens (tertiary/aromatic N) is 1. The van der Waals surface area contributed by atoms with Gasteiger partial charge < -0.3 is 14.2 Å². The van der Waals surface area contributed by atoms with E-state index in [1.54, 1.807) is 14.2 Å². The van der Waals surface area contributed by atoms with Crippen LogP contribution in [0.15, 0.2) is 42.1 Å². The highest BCUT2D eigenvalue weighted by molar-refractivity contribution is 5.71. The number of ether oxygens (including phenoxy) is 3. The number of rotatable bonds is 3. The molecule has 0 aromatic heterocycles. The Balaban J connectivity index is 1.71. The van der Waals surface area contributed by atoms with Crippen LogP contribution in [0, 0.1) is 23.7 Å². The molecule has 0 unspecified atom stereocenters. The Morgan fingerprint density at radius 1 is 1.06 bits per heavy atom. The molecule has 168 valence electrons. The van der Waals surface area contributed by atoms with Crippen LogP contribution in [0.4, 0.5) is 4.79 Å². The first-order chi connectivity index (χ1) is 14.7. The van der Waals surface area contributed by atoms with E-state index in [0.717, 1.165) is 30.0 Å². The first-order valence-corrected chi connectivity index (χ1v) is 11.3. The maximum Gasteiger partial charge on any atom is 0.414 e. The third-order valence-electron chi connectivity index (χ3n) is 6.86. The lowest BCUT2D eigenvalue weighted by Gasteiger charge is -2.52. The van der Waals surface area contributed by atoms with Gasteiger partial charge in [0.15, 0.2) is 0 Å². The SMILES string of the molecule is COc1cc(OC)cc([C@@H]2C=C[C@@H]3CCC=C4[C@@H]3[C@H]2[C@H](C)CN4C(=O)OC(C)(C)C)c1. The summed E-state index contributed by atoms with van der Waals surface area (Å²) in [6, 6.07) is 6.16. The third kappa shape index (κ3) is 4.19. The Morgan fingerprint density at radius 3 is 2.35 bits per heavy atom. The topological polar surface area (TPSA) is 48.0 Å². The van der Waals surface area contributed by atoms with Crippen molar-refractivity contribution in [2.75, 3.05) is 20.8 Å². The number of hydrogen-bond donors (Lipinski definition) is 0. The molecule has 0 saturated carbocycles. The van der Waals surface area contributed by atoms with Gasteiger partial charge in [-0.3, -0.25) is 4.90 Å². The lowest BCUT2D eigenvalue weighted by atomic mass is 9.58. The largest absolute Gasteiger partial charge is 0.497 e. The van der Waals surface area contributed by atoms with E-state index < -0.39 is 5.60 Å². The van der Waals surface area contributed by atoms with E-state index in [-0.39, 0.29) is 12.0 Å². The number of carbonyl (C=O) groups excluding carboxylic acids is 1. The number of allylic oxidation sites excluding steroid dienone is 4. The second kappa shape index (κ2) is 8.25. The predicted octanol–water partition coefficient (Wildman–Crippen LogP) is 5.77. The third-order valence-corrected chi connectivity index (χ3v) is 6.86. The molecule has 0 radical (unpaired) electrons. The Morgan fingerprint density at radius 2 is 1.74 bits per heavy atom. The highest BCUT2D eigenvalue weighted by Gasteiger charge is 2.49. The monoisotopic (exact) mass is 425 g/mol. The van der Waals surface area contributed by atoms with Crippen molar-refractivity contribution in [1.82, 2.24) is 4.90 Å². The van der Waals surface area contributed by atoms with Crippen LogP contribution in [0.5, 0.6) is 11.5 Å². The molecule has 1 saturated heterocycles. The van der Waals surface area contributed by atoms with Crippen molar-refractivity contribution in [1.29, 1.82) is 0 Å². The van der Waals surface area contributed by atoms with Crippen LogP contribution in [-0.2, 0) is 4.74 Å². The summed E-state index contributed by atoms with van der Waals surface area (Å²) in [5.41, 5.74) is 1.86. The molecule has 0 N–H and O–H groups in total. The molecule has 0 spiro atoms. The van der Waals surface area contributed by atoms with Gasteiger partial charge in [-0.2, -0.15) is 0 Å². The van der Waals surface area contributed by atoms with Gasteiger partial charge in [0.25, 0.3) is 0 Å². The maximum atomic E-state index is 13.1. The lowest BCUT2D eigenvalue weighted by molar-refractivity contribution is 0.00589. The minimum absolute atomic E-state index is 0.223. The van der Waals surface area contributed by atoms with Gasteiger partial charge in [0.1, 0.15) is 17.1 Å². The maximum absolute atomic E-state index is 13.1. The molecular weight excluding hydrogens is 390 g/mol. The van der Waals surface area contributed by atoms with Crippen LogP contribution in [0.1, 0.15) is 52.0 Å². The van der Waals surface area contributed by atoms with E-state index in [2.05, 4.69) is 37.3 Å². The molecule has 1 fully saturated rings. The van der Waals surface area contributed by atoms with E-state index >= 15 is 0 Å². The molecule has 1 amide bonds. The summed E-state index contributed by atoms with van der Waals surface area (Å²) in [7, 11) is 3.38. The fraction of sp³-hybridized carbons (Fsp3) is 0.577. The van der Waals surface area contributed by atoms with Crippen LogP contribution in [0.2, 0.25) is 0 Å². The fourth-order valence-electron chi connectivity index (χ4n) is 5.64. The zero-order valence-corrected chi connectivity index (χ0v) is 19.6. The van der Waals surface area contributed by atoms with Crippen molar-refractivity contribution in [2.45, 2.75) is 52.1 Å². The Kier molecular flexibility index (Phi) is 5.80. The van der Waals surface area contributed by atoms with Gasteiger partial charge in [-0.05, 0) is 69.1 Å². The molecule has 5 atom stereocenters. The van der Waals surface area contributed by atoms with Crippen LogP contribution < -0.4 is 9.47 Å². The Bertz CT molecular complexity index is 875. The van der Waals surface area contributed by atoms with Gasteiger partial charge in [0, 0.05) is 30.1 Å². The standard InChI is InChI=1S/C26H35NO4/c1-16-15-27(25(28)31-26(2,3)4)22-9-7-8-17-10-11-21(23(16)24(17)22)18-12-19(29-5)14-20(13-18)30-6/h9-14,16-17,21,23-24H,7-8,15H2,1-6H3/t16-,17+,21+,23+,24-/m1/s1. The smallest absolute Gasteiger partial charge is 0.414 e. The average molecular weight is 426 g/mol. The number of carbonyl (C=O) groups is 1. The van der Waals surface area contributed by atoms with E-state index in [4.69, 9.17) is 14.2 Å². The van der Waals surface area contributed by atoms with Crippen molar-refractivity contribution in [3.05, 3.63) is 47.7 Å². The van der Waals surface area contributed by atoms with Gasteiger partial charge in [0.2, 0.25) is 0 Å². The number of amides is 1. The lowest BCUT2D eigenvalue weighted by Crippen LogP contribution is -2.52. The van der Waals surface area contributed by atoms with Gasteiger partial charge in [-0.15, -0.1) is 0 Å². The summed E-state index contributed by atoms with van der Waals surface area (Å²) in [6.45, 7) is 8.73. The normalized spacial score (nSPS) is 29.7. The molecular formula is C26H35NO4. The second-order valence-electron chi connectivity index (χ2n) is 10.1. The summed E-state index contributed by atoms with van der Waals surface area (Å²) >= 11 is 0. The molecule has 1 aromatic rings. The molecule has 0 bridgehead atoms. The van der Waals surface area contributed by atoms with Gasteiger partial charge in [-0.25, -0.2) is 4.79 Å². The van der Waals surface area contributed by atoms with Crippen molar-refractivity contribution in [3.63, 3.8) is 0 Å². The number of likely N-dealkylation sites (tertiary alicyclic amines) is 1. The Hall–Kier alpha value is -2.43. The molecule has 5 heteroatoms. The van der Waals surface area contributed by atoms with Crippen molar-refractivity contribution in [2.24, 2.45) is 23.7 Å². The van der Waals surface area contributed by atoms with E-state index in [9.17, 15) is 4.79 Å². The number of hydrogen-bond acceptors (Lipinski definition) is 4. The molecule has 1 aliphatic heterocycles. The molecule has 2 aliphatic carbocycles. The Labute approximate surface area is 186 Å². The van der Waals surface area contributed by atoms with E-state index in [1.165, 1.54) is 5.56 Å². The minimum Gasteiger partial charge on any atom is -0.497 e. The number of benzene rings is 1. The zero-order chi connectivity index (χ0) is 22.3. The van der Waals surface area contributed by atoms with E-state index in [1.807, 2.05) is 31.7 Å². The first kappa shape index (κ1) is 21.8. The van der Waals surface area contributed by atoms with Crippen LogP contribution in [0.3, 0.4) is 0 Å². The fourth-order valence-corrected chi connectivity index (χ4v) is 5.64.